The molecule has 1 heterocycles. The molecule has 1 spiro atoms. The molecule has 0 radical (unpaired) electrons. The normalized spacial score (nSPS) is 34.8. The first kappa shape index (κ1) is 12.9. The lowest BCUT2D eigenvalue weighted by Crippen LogP contribution is -2.65. The maximum absolute atomic E-state index is 3.94. The molecule has 1 N–H and O–H groups in total. The Morgan fingerprint density at radius 1 is 0.944 bits per heavy atom. The second kappa shape index (κ2) is 5.50. The third-order valence-corrected chi connectivity index (χ3v) is 5.98. The quantitative estimate of drug-likeness (QED) is 0.769. The molecular formula is C16H30N2. The van der Waals surface area contributed by atoms with Gasteiger partial charge in [0.05, 0.1) is 0 Å². The summed E-state index contributed by atoms with van der Waals surface area (Å²) >= 11 is 0. The fourth-order valence-corrected chi connectivity index (χ4v) is 4.63. The van der Waals surface area contributed by atoms with E-state index in [2.05, 4.69) is 17.3 Å². The Labute approximate surface area is 113 Å². The summed E-state index contributed by atoms with van der Waals surface area (Å²) in [6.45, 7) is 2.55. The van der Waals surface area contributed by atoms with Gasteiger partial charge < -0.3 is 5.32 Å². The average molecular weight is 250 g/mol. The summed E-state index contributed by atoms with van der Waals surface area (Å²) in [6, 6.07) is 0.780. The third kappa shape index (κ3) is 2.46. The van der Waals surface area contributed by atoms with Gasteiger partial charge in [0.2, 0.25) is 0 Å². The van der Waals surface area contributed by atoms with Crippen molar-refractivity contribution < 1.29 is 0 Å². The SMILES string of the molecule is CN1CC(C2CCCCC2)NCC12CCCCC2. The predicted octanol–water partition coefficient (Wildman–Crippen LogP) is 3.17. The second-order valence-electron chi connectivity index (χ2n) is 7.05. The van der Waals surface area contributed by atoms with Crippen LogP contribution in [0.1, 0.15) is 64.2 Å². The van der Waals surface area contributed by atoms with Crippen molar-refractivity contribution in [1.82, 2.24) is 10.2 Å². The minimum atomic E-state index is 0.517. The molecular weight excluding hydrogens is 220 g/mol. The van der Waals surface area contributed by atoms with E-state index in [0.29, 0.717) is 5.54 Å². The van der Waals surface area contributed by atoms with Gasteiger partial charge in [0.15, 0.2) is 0 Å². The first-order valence-corrected chi connectivity index (χ1v) is 8.25. The van der Waals surface area contributed by atoms with Crippen LogP contribution in [-0.4, -0.2) is 36.6 Å². The van der Waals surface area contributed by atoms with Crippen LogP contribution in [0.4, 0.5) is 0 Å². The number of hydrogen-bond donors (Lipinski definition) is 1. The van der Waals surface area contributed by atoms with Crippen LogP contribution in [0.2, 0.25) is 0 Å². The Balaban J connectivity index is 1.60. The van der Waals surface area contributed by atoms with Gasteiger partial charge in [0.25, 0.3) is 0 Å². The first-order valence-electron chi connectivity index (χ1n) is 8.25. The van der Waals surface area contributed by atoms with E-state index in [1.165, 1.54) is 77.3 Å². The molecule has 0 aromatic heterocycles. The lowest BCUT2D eigenvalue weighted by atomic mass is 9.76. The summed E-state index contributed by atoms with van der Waals surface area (Å²) in [7, 11) is 2.39. The van der Waals surface area contributed by atoms with E-state index in [1.807, 2.05) is 0 Å². The zero-order valence-corrected chi connectivity index (χ0v) is 12.1. The van der Waals surface area contributed by atoms with Crippen molar-refractivity contribution in [3.05, 3.63) is 0 Å². The Hall–Kier alpha value is -0.0800. The van der Waals surface area contributed by atoms with Crippen LogP contribution < -0.4 is 5.32 Å². The van der Waals surface area contributed by atoms with E-state index >= 15 is 0 Å². The van der Waals surface area contributed by atoms with Gasteiger partial charge in [0, 0.05) is 24.7 Å². The number of rotatable bonds is 1. The molecule has 1 unspecified atom stereocenters. The van der Waals surface area contributed by atoms with Crippen molar-refractivity contribution in [2.45, 2.75) is 75.8 Å². The molecule has 2 nitrogen and oxygen atoms in total. The van der Waals surface area contributed by atoms with Gasteiger partial charge in [-0.1, -0.05) is 38.5 Å². The van der Waals surface area contributed by atoms with Crippen molar-refractivity contribution in [3.63, 3.8) is 0 Å². The van der Waals surface area contributed by atoms with E-state index < -0.39 is 0 Å². The highest BCUT2D eigenvalue weighted by atomic mass is 15.3. The topological polar surface area (TPSA) is 15.3 Å². The summed E-state index contributed by atoms with van der Waals surface area (Å²) in [5.74, 6) is 0.960. The van der Waals surface area contributed by atoms with Crippen LogP contribution in [0, 0.1) is 5.92 Å². The second-order valence-corrected chi connectivity index (χ2v) is 7.05. The number of nitrogens with zero attached hydrogens (tertiary/aromatic N) is 1. The number of hydrogen-bond acceptors (Lipinski definition) is 2. The predicted molar refractivity (Wildman–Crippen MR) is 76.8 cm³/mol. The molecule has 2 aliphatic carbocycles. The van der Waals surface area contributed by atoms with Crippen molar-refractivity contribution >= 4 is 0 Å². The Bertz CT molecular complexity index is 264. The third-order valence-electron chi connectivity index (χ3n) is 5.98. The monoisotopic (exact) mass is 250 g/mol. The van der Waals surface area contributed by atoms with Crippen LogP contribution in [0.25, 0.3) is 0 Å². The van der Waals surface area contributed by atoms with Crippen molar-refractivity contribution in [2.24, 2.45) is 5.92 Å². The van der Waals surface area contributed by atoms with Gasteiger partial charge in [0.1, 0.15) is 0 Å². The highest BCUT2D eigenvalue weighted by Crippen LogP contribution is 2.36. The number of likely N-dealkylation sites (N-methyl/N-ethyl adjacent to an activating group) is 1. The molecule has 0 bridgehead atoms. The Kier molecular flexibility index (Phi) is 3.95. The molecule has 104 valence electrons. The molecule has 0 aromatic carbocycles. The van der Waals surface area contributed by atoms with Crippen LogP contribution in [-0.2, 0) is 0 Å². The molecule has 0 amide bonds. The Morgan fingerprint density at radius 3 is 2.28 bits per heavy atom. The van der Waals surface area contributed by atoms with Gasteiger partial charge in [-0.15, -0.1) is 0 Å². The lowest BCUT2D eigenvalue weighted by Gasteiger charge is -2.52. The summed E-state index contributed by atoms with van der Waals surface area (Å²) < 4.78 is 0. The molecule has 3 rings (SSSR count). The van der Waals surface area contributed by atoms with E-state index in [1.54, 1.807) is 0 Å². The summed E-state index contributed by atoms with van der Waals surface area (Å²) in [4.78, 5) is 2.72. The molecule has 2 saturated carbocycles. The van der Waals surface area contributed by atoms with Gasteiger partial charge in [-0.05, 0) is 38.6 Å². The smallest absolute Gasteiger partial charge is 0.0331 e. The van der Waals surface area contributed by atoms with Crippen molar-refractivity contribution in [1.29, 1.82) is 0 Å². The Morgan fingerprint density at radius 2 is 1.61 bits per heavy atom. The molecule has 0 aromatic rings. The highest BCUT2D eigenvalue weighted by Gasteiger charge is 2.41. The zero-order valence-electron chi connectivity index (χ0n) is 12.1. The minimum Gasteiger partial charge on any atom is -0.311 e. The fraction of sp³-hybridized carbons (Fsp3) is 1.00. The lowest BCUT2D eigenvalue weighted by molar-refractivity contribution is 0.0159. The first-order chi connectivity index (χ1) is 8.80. The van der Waals surface area contributed by atoms with Crippen LogP contribution >= 0.6 is 0 Å². The van der Waals surface area contributed by atoms with Gasteiger partial charge in [-0.3, -0.25) is 4.90 Å². The van der Waals surface area contributed by atoms with Crippen LogP contribution in [0.3, 0.4) is 0 Å². The minimum absolute atomic E-state index is 0.517. The zero-order chi connectivity index (χ0) is 12.4. The summed E-state index contributed by atoms with van der Waals surface area (Å²) in [5.41, 5.74) is 0.517. The fourth-order valence-electron chi connectivity index (χ4n) is 4.63. The van der Waals surface area contributed by atoms with Crippen molar-refractivity contribution in [3.8, 4) is 0 Å². The molecule has 3 aliphatic rings. The summed E-state index contributed by atoms with van der Waals surface area (Å²) in [5, 5.41) is 3.94. The molecule has 3 fully saturated rings. The maximum atomic E-state index is 3.94. The van der Waals surface area contributed by atoms with Gasteiger partial charge >= 0.3 is 0 Å². The van der Waals surface area contributed by atoms with Crippen LogP contribution in [0.15, 0.2) is 0 Å². The average Bonchev–Trinajstić information content (AvgIpc) is 2.44. The molecule has 1 aliphatic heterocycles. The van der Waals surface area contributed by atoms with Gasteiger partial charge in [-0.25, -0.2) is 0 Å². The van der Waals surface area contributed by atoms with Gasteiger partial charge in [-0.2, -0.15) is 0 Å². The maximum Gasteiger partial charge on any atom is 0.0331 e. The highest BCUT2D eigenvalue weighted by molar-refractivity contribution is 5.00. The van der Waals surface area contributed by atoms with E-state index in [0.717, 1.165) is 12.0 Å². The standard InChI is InChI=1S/C16H30N2/c1-18-12-15(14-8-4-2-5-9-14)17-13-16(18)10-6-3-7-11-16/h14-15,17H,2-13H2,1H3. The van der Waals surface area contributed by atoms with E-state index in [9.17, 15) is 0 Å². The van der Waals surface area contributed by atoms with Crippen molar-refractivity contribution in [2.75, 3.05) is 20.1 Å². The largest absolute Gasteiger partial charge is 0.311 e. The molecule has 2 heteroatoms. The molecule has 1 saturated heterocycles. The molecule has 18 heavy (non-hydrogen) atoms. The number of nitrogens with one attached hydrogen (secondary N) is 1. The van der Waals surface area contributed by atoms with E-state index in [-0.39, 0.29) is 0 Å². The molecule has 1 atom stereocenters. The summed E-state index contributed by atoms with van der Waals surface area (Å²) in [6.07, 6.45) is 14.6. The van der Waals surface area contributed by atoms with Crippen LogP contribution in [0.5, 0.6) is 0 Å². The van der Waals surface area contributed by atoms with E-state index in [4.69, 9.17) is 0 Å². The number of piperazine rings is 1.